The highest BCUT2D eigenvalue weighted by molar-refractivity contribution is 5.75. The number of ether oxygens (including phenoxy) is 1. The highest BCUT2D eigenvalue weighted by Crippen LogP contribution is 2.24. The van der Waals surface area contributed by atoms with E-state index >= 15 is 0 Å². The van der Waals surface area contributed by atoms with Crippen LogP contribution in [0, 0.1) is 0 Å². The number of carbonyl (C=O) groups is 1. The molecule has 0 fully saturated rings. The topological polar surface area (TPSA) is 47.4 Å². The number of carbonyl (C=O) groups excluding carboxylic acids is 1. The van der Waals surface area contributed by atoms with Gasteiger partial charge in [-0.05, 0) is 29.5 Å². The third kappa shape index (κ3) is 5.93. The van der Waals surface area contributed by atoms with Gasteiger partial charge in [0.2, 0.25) is 5.91 Å². The van der Waals surface area contributed by atoms with E-state index in [1.165, 1.54) is 5.56 Å². The molecule has 2 rings (SSSR count). The minimum Gasteiger partial charge on any atom is -0.494 e. The molecule has 0 unspecified atom stereocenters. The number of aryl methyl sites for hydroxylation is 1. The van der Waals surface area contributed by atoms with Crippen LogP contribution in [-0.4, -0.2) is 34.2 Å². The van der Waals surface area contributed by atoms with Gasteiger partial charge in [0.25, 0.3) is 0 Å². The Balaban J connectivity index is 1.70. The van der Waals surface area contributed by atoms with Crippen LogP contribution < -0.4 is 4.74 Å². The second-order valence-electron chi connectivity index (χ2n) is 7.50. The Morgan fingerprint density at radius 2 is 1.92 bits per heavy atom. The maximum absolute atomic E-state index is 12.2. The largest absolute Gasteiger partial charge is 0.494 e. The van der Waals surface area contributed by atoms with Gasteiger partial charge in [0.15, 0.2) is 0 Å². The van der Waals surface area contributed by atoms with Crippen molar-refractivity contribution in [3.8, 4) is 5.75 Å². The fourth-order valence-electron chi connectivity index (χ4n) is 2.57. The van der Waals surface area contributed by atoms with Crippen molar-refractivity contribution in [1.29, 1.82) is 0 Å². The van der Waals surface area contributed by atoms with Gasteiger partial charge in [-0.1, -0.05) is 32.9 Å². The molecule has 5 heteroatoms. The molecular formula is C20H29N3O2. The Bertz CT molecular complexity index is 684. The Morgan fingerprint density at radius 3 is 2.48 bits per heavy atom. The Morgan fingerprint density at radius 1 is 1.24 bits per heavy atom. The van der Waals surface area contributed by atoms with Crippen LogP contribution in [0.2, 0.25) is 0 Å². The van der Waals surface area contributed by atoms with Crippen molar-refractivity contribution in [2.45, 2.75) is 45.6 Å². The minimum atomic E-state index is 0.121. The lowest BCUT2D eigenvalue weighted by Crippen LogP contribution is -2.26. The first-order valence-electron chi connectivity index (χ1n) is 8.70. The third-order valence-electron chi connectivity index (χ3n) is 4.13. The van der Waals surface area contributed by atoms with Gasteiger partial charge < -0.3 is 9.64 Å². The molecule has 25 heavy (non-hydrogen) atoms. The number of aromatic nitrogens is 2. The first-order valence-corrected chi connectivity index (χ1v) is 8.70. The molecule has 0 aliphatic rings. The SMILES string of the molecule is CN(Cc1cnn(C)c1)C(=O)CCCOc1ccc(C(C)(C)C)cc1. The average Bonchev–Trinajstić information content (AvgIpc) is 2.96. The summed E-state index contributed by atoms with van der Waals surface area (Å²) in [4.78, 5) is 13.9. The summed E-state index contributed by atoms with van der Waals surface area (Å²) in [5.41, 5.74) is 2.46. The van der Waals surface area contributed by atoms with Gasteiger partial charge in [-0.15, -0.1) is 0 Å². The van der Waals surface area contributed by atoms with Crippen LogP contribution in [0.4, 0.5) is 0 Å². The summed E-state index contributed by atoms with van der Waals surface area (Å²) >= 11 is 0. The zero-order chi connectivity index (χ0) is 18.4. The van der Waals surface area contributed by atoms with Crippen LogP contribution >= 0.6 is 0 Å². The fraction of sp³-hybridized carbons (Fsp3) is 0.500. The number of rotatable bonds is 7. The number of amides is 1. The van der Waals surface area contributed by atoms with Crippen LogP contribution in [0.15, 0.2) is 36.7 Å². The molecule has 136 valence electrons. The first-order chi connectivity index (χ1) is 11.8. The van der Waals surface area contributed by atoms with Crippen molar-refractivity contribution < 1.29 is 9.53 Å². The Labute approximate surface area is 150 Å². The highest BCUT2D eigenvalue weighted by Gasteiger charge is 2.13. The Hall–Kier alpha value is -2.30. The van der Waals surface area contributed by atoms with E-state index in [2.05, 4.69) is 38.0 Å². The van der Waals surface area contributed by atoms with Crippen molar-refractivity contribution in [2.24, 2.45) is 7.05 Å². The molecule has 0 aliphatic carbocycles. The summed E-state index contributed by atoms with van der Waals surface area (Å²) in [5.74, 6) is 0.972. The summed E-state index contributed by atoms with van der Waals surface area (Å²) < 4.78 is 7.48. The second kappa shape index (κ2) is 8.19. The van der Waals surface area contributed by atoms with E-state index in [-0.39, 0.29) is 11.3 Å². The molecule has 0 radical (unpaired) electrons. The quantitative estimate of drug-likeness (QED) is 0.723. The van der Waals surface area contributed by atoms with E-state index in [1.807, 2.05) is 32.4 Å². The van der Waals surface area contributed by atoms with E-state index in [9.17, 15) is 4.79 Å². The van der Waals surface area contributed by atoms with Crippen LogP contribution in [0.5, 0.6) is 5.75 Å². The van der Waals surface area contributed by atoms with E-state index < -0.39 is 0 Å². The van der Waals surface area contributed by atoms with Gasteiger partial charge in [0.1, 0.15) is 5.75 Å². The first kappa shape index (κ1) is 19.0. The summed E-state index contributed by atoms with van der Waals surface area (Å²) in [6.07, 6.45) is 4.90. The van der Waals surface area contributed by atoms with Crippen LogP contribution in [0.3, 0.4) is 0 Å². The van der Waals surface area contributed by atoms with Crippen molar-refractivity contribution in [1.82, 2.24) is 14.7 Å². The van der Waals surface area contributed by atoms with Gasteiger partial charge in [0, 0.05) is 38.8 Å². The van der Waals surface area contributed by atoms with Crippen LogP contribution in [0.25, 0.3) is 0 Å². The smallest absolute Gasteiger partial charge is 0.222 e. The fourth-order valence-corrected chi connectivity index (χ4v) is 2.57. The summed E-state index contributed by atoms with van der Waals surface area (Å²) in [5, 5.41) is 4.12. The van der Waals surface area contributed by atoms with Crippen LogP contribution in [0.1, 0.15) is 44.7 Å². The number of benzene rings is 1. The zero-order valence-corrected chi connectivity index (χ0v) is 16.0. The van der Waals surface area contributed by atoms with Gasteiger partial charge in [-0.25, -0.2) is 0 Å². The molecule has 0 bridgehead atoms. The highest BCUT2D eigenvalue weighted by atomic mass is 16.5. The Kier molecular flexibility index (Phi) is 6.23. The molecule has 0 N–H and O–H groups in total. The van der Waals surface area contributed by atoms with E-state index in [4.69, 9.17) is 4.74 Å². The van der Waals surface area contributed by atoms with Gasteiger partial charge >= 0.3 is 0 Å². The summed E-state index contributed by atoms with van der Waals surface area (Å²) in [7, 11) is 3.69. The number of hydrogen-bond donors (Lipinski definition) is 0. The maximum atomic E-state index is 12.2. The van der Waals surface area contributed by atoms with E-state index in [0.717, 1.165) is 11.3 Å². The molecule has 0 saturated carbocycles. The van der Waals surface area contributed by atoms with Crippen molar-refractivity contribution in [3.05, 3.63) is 47.8 Å². The van der Waals surface area contributed by atoms with Gasteiger partial charge in [-0.2, -0.15) is 5.10 Å². The molecule has 0 saturated heterocycles. The second-order valence-corrected chi connectivity index (χ2v) is 7.50. The predicted molar refractivity (Wildman–Crippen MR) is 99.6 cm³/mol. The molecule has 0 aliphatic heterocycles. The van der Waals surface area contributed by atoms with Gasteiger partial charge in [-0.3, -0.25) is 9.48 Å². The standard InChI is InChI=1S/C20H29N3O2/c1-20(2,3)17-8-10-18(11-9-17)25-12-6-7-19(24)22(4)14-16-13-21-23(5)15-16/h8-11,13,15H,6-7,12,14H2,1-5H3. The molecule has 1 heterocycles. The molecule has 0 spiro atoms. The normalized spacial score (nSPS) is 11.4. The number of nitrogens with zero attached hydrogens (tertiary/aromatic N) is 3. The lowest BCUT2D eigenvalue weighted by atomic mass is 9.87. The molecule has 0 atom stereocenters. The van der Waals surface area contributed by atoms with E-state index in [1.54, 1.807) is 15.8 Å². The molecular weight excluding hydrogens is 314 g/mol. The molecule has 1 aromatic heterocycles. The van der Waals surface area contributed by atoms with Crippen molar-refractivity contribution in [3.63, 3.8) is 0 Å². The summed E-state index contributed by atoms with van der Waals surface area (Å²) in [6.45, 7) is 7.70. The predicted octanol–water partition coefficient (Wildman–Crippen LogP) is 3.54. The average molecular weight is 343 g/mol. The third-order valence-corrected chi connectivity index (χ3v) is 4.13. The van der Waals surface area contributed by atoms with E-state index in [0.29, 0.717) is 26.0 Å². The molecule has 1 aromatic carbocycles. The zero-order valence-electron chi connectivity index (χ0n) is 16.0. The number of hydrogen-bond acceptors (Lipinski definition) is 3. The maximum Gasteiger partial charge on any atom is 0.222 e. The monoisotopic (exact) mass is 343 g/mol. The van der Waals surface area contributed by atoms with Crippen molar-refractivity contribution >= 4 is 5.91 Å². The molecule has 2 aromatic rings. The summed E-state index contributed by atoms with van der Waals surface area (Å²) in [6, 6.07) is 8.19. The van der Waals surface area contributed by atoms with Crippen LogP contribution in [-0.2, 0) is 23.8 Å². The lowest BCUT2D eigenvalue weighted by Gasteiger charge is -2.19. The van der Waals surface area contributed by atoms with Gasteiger partial charge in [0.05, 0.1) is 12.8 Å². The van der Waals surface area contributed by atoms with Crippen molar-refractivity contribution in [2.75, 3.05) is 13.7 Å². The molecule has 5 nitrogen and oxygen atoms in total. The lowest BCUT2D eigenvalue weighted by molar-refractivity contribution is -0.130. The molecule has 1 amide bonds. The minimum absolute atomic E-state index is 0.121.